The molecule has 0 radical (unpaired) electrons. The molecule has 0 atom stereocenters. The van der Waals surface area contributed by atoms with Crippen LogP contribution in [0.25, 0.3) is 6.08 Å². The van der Waals surface area contributed by atoms with Crippen molar-refractivity contribution in [3.05, 3.63) is 52.4 Å². The minimum Gasteiger partial charge on any atom is -0.480 e. The summed E-state index contributed by atoms with van der Waals surface area (Å²) in [5.41, 5.74) is 0.447. The number of carbonyl (C=O) groups excluding carboxylic acids is 2. The summed E-state index contributed by atoms with van der Waals surface area (Å²) in [6.07, 6.45) is 5.00. The molecule has 7 heteroatoms. The molecule has 2 aromatic rings. The van der Waals surface area contributed by atoms with Gasteiger partial charge in [-0.1, -0.05) is 6.07 Å². The maximum atomic E-state index is 12.6. The van der Waals surface area contributed by atoms with Gasteiger partial charge in [-0.05, 0) is 29.7 Å². The maximum absolute atomic E-state index is 12.6. The molecule has 1 fully saturated rings. The first-order valence-electron chi connectivity index (χ1n) is 7.98. The summed E-state index contributed by atoms with van der Waals surface area (Å²) in [6, 6.07) is 7.33. The third-order valence-electron chi connectivity index (χ3n) is 4.01. The summed E-state index contributed by atoms with van der Waals surface area (Å²) >= 11 is 1.59. The highest BCUT2D eigenvalue weighted by molar-refractivity contribution is 7.10. The second-order valence-corrected chi connectivity index (χ2v) is 6.51. The normalized spacial score (nSPS) is 14.8. The summed E-state index contributed by atoms with van der Waals surface area (Å²) < 4.78 is 5.15. The van der Waals surface area contributed by atoms with Crippen LogP contribution in [-0.2, 0) is 4.79 Å². The number of methoxy groups -OCH3 is 1. The number of hydrogen-bond acceptors (Lipinski definition) is 5. The number of nitrogens with zero attached hydrogens (tertiary/aromatic N) is 3. The second kappa shape index (κ2) is 7.94. The molecule has 0 spiro atoms. The van der Waals surface area contributed by atoms with Crippen LogP contribution in [0.2, 0.25) is 0 Å². The van der Waals surface area contributed by atoms with E-state index in [1.54, 1.807) is 45.5 Å². The molecular weight excluding hydrogens is 338 g/mol. The third-order valence-corrected chi connectivity index (χ3v) is 4.84. The number of hydrogen-bond donors (Lipinski definition) is 0. The van der Waals surface area contributed by atoms with Crippen LogP contribution >= 0.6 is 11.3 Å². The summed E-state index contributed by atoms with van der Waals surface area (Å²) in [4.78, 5) is 33.5. The van der Waals surface area contributed by atoms with E-state index in [0.717, 1.165) is 4.88 Å². The Morgan fingerprint density at radius 3 is 2.60 bits per heavy atom. The fraction of sp³-hybridized carbons (Fsp3) is 0.278. The Hall–Kier alpha value is -2.67. The van der Waals surface area contributed by atoms with Crippen LogP contribution in [0.15, 0.2) is 41.9 Å². The van der Waals surface area contributed by atoms with Gasteiger partial charge in [0.15, 0.2) is 0 Å². The minimum atomic E-state index is -0.119. The monoisotopic (exact) mass is 357 g/mol. The number of rotatable bonds is 4. The lowest BCUT2D eigenvalue weighted by Gasteiger charge is -2.34. The number of piperazine rings is 1. The average molecular weight is 357 g/mol. The van der Waals surface area contributed by atoms with Crippen LogP contribution in [-0.4, -0.2) is 59.9 Å². The lowest BCUT2D eigenvalue weighted by molar-refractivity contribution is -0.127. The molecule has 1 aliphatic heterocycles. The zero-order chi connectivity index (χ0) is 17.6. The van der Waals surface area contributed by atoms with Gasteiger partial charge in [0.25, 0.3) is 5.91 Å². The van der Waals surface area contributed by atoms with Crippen molar-refractivity contribution in [2.75, 3.05) is 33.3 Å². The number of thiophene rings is 1. The Bertz CT molecular complexity index is 766. The summed E-state index contributed by atoms with van der Waals surface area (Å²) in [7, 11) is 1.50. The molecule has 1 saturated heterocycles. The molecule has 0 aliphatic carbocycles. The minimum absolute atomic E-state index is 0.0283. The lowest BCUT2D eigenvalue weighted by Crippen LogP contribution is -2.50. The average Bonchev–Trinajstić information content (AvgIpc) is 3.19. The Balaban J connectivity index is 1.58. The number of aromatic nitrogens is 1. The molecule has 3 rings (SSSR count). The van der Waals surface area contributed by atoms with E-state index in [0.29, 0.717) is 37.6 Å². The molecule has 2 aromatic heterocycles. The van der Waals surface area contributed by atoms with Gasteiger partial charge in [0.2, 0.25) is 11.8 Å². The van der Waals surface area contributed by atoms with Crippen molar-refractivity contribution in [1.29, 1.82) is 0 Å². The molecule has 2 amide bonds. The quantitative estimate of drug-likeness (QED) is 0.787. The number of pyridine rings is 1. The second-order valence-electron chi connectivity index (χ2n) is 5.53. The summed E-state index contributed by atoms with van der Waals surface area (Å²) in [6.45, 7) is 2.02. The largest absolute Gasteiger partial charge is 0.480 e. The fourth-order valence-corrected chi connectivity index (χ4v) is 3.28. The smallest absolute Gasteiger partial charge is 0.259 e. The Morgan fingerprint density at radius 1 is 1.16 bits per heavy atom. The van der Waals surface area contributed by atoms with E-state index in [4.69, 9.17) is 4.74 Å². The van der Waals surface area contributed by atoms with Crippen LogP contribution in [0.1, 0.15) is 15.2 Å². The van der Waals surface area contributed by atoms with Crippen LogP contribution < -0.4 is 4.74 Å². The van der Waals surface area contributed by atoms with E-state index in [1.165, 1.54) is 7.11 Å². The predicted molar refractivity (Wildman–Crippen MR) is 96.6 cm³/mol. The van der Waals surface area contributed by atoms with E-state index in [2.05, 4.69) is 4.98 Å². The molecule has 3 heterocycles. The molecule has 0 unspecified atom stereocenters. The van der Waals surface area contributed by atoms with E-state index >= 15 is 0 Å². The predicted octanol–water partition coefficient (Wildman–Crippen LogP) is 2.15. The number of carbonyl (C=O) groups is 2. The zero-order valence-electron chi connectivity index (χ0n) is 13.9. The van der Waals surface area contributed by atoms with Gasteiger partial charge < -0.3 is 14.5 Å². The molecule has 0 saturated carbocycles. The molecular formula is C18H19N3O3S. The van der Waals surface area contributed by atoms with Gasteiger partial charge in [-0.15, -0.1) is 11.3 Å². The third kappa shape index (κ3) is 4.06. The van der Waals surface area contributed by atoms with Gasteiger partial charge in [-0.2, -0.15) is 0 Å². The van der Waals surface area contributed by atoms with Crippen molar-refractivity contribution < 1.29 is 14.3 Å². The van der Waals surface area contributed by atoms with Crippen molar-refractivity contribution in [3.8, 4) is 5.88 Å². The molecule has 0 aromatic carbocycles. The van der Waals surface area contributed by atoms with Gasteiger partial charge >= 0.3 is 0 Å². The van der Waals surface area contributed by atoms with E-state index in [1.807, 2.05) is 23.6 Å². The summed E-state index contributed by atoms with van der Waals surface area (Å²) in [5, 5.41) is 1.97. The molecule has 0 bridgehead atoms. The van der Waals surface area contributed by atoms with E-state index in [-0.39, 0.29) is 11.8 Å². The van der Waals surface area contributed by atoms with Crippen molar-refractivity contribution >= 4 is 29.2 Å². The standard InChI is InChI=1S/C18H19N3O3S/c1-24-17-15(5-2-8-19-17)18(23)21-11-9-20(10-12-21)16(22)7-6-14-4-3-13-25-14/h2-8,13H,9-12H2,1H3. The highest BCUT2D eigenvalue weighted by Crippen LogP contribution is 2.17. The van der Waals surface area contributed by atoms with Gasteiger partial charge in [0, 0.05) is 43.3 Å². The van der Waals surface area contributed by atoms with Gasteiger partial charge in [0.05, 0.1) is 7.11 Å². The van der Waals surface area contributed by atoms with Crippen LogP contribution in [0, 0.1) is 0 Å². The van der Waals surface area contributed by atoms with Gasteiger partial charge in [-0.25, -0.2) is 4.98 Å². The Morgan fingerprint density at radius 2 is 1.92 bits per heavy atom. The molecule has 0 N–H and O–H groups in total. The van der Waals surface area contributed by atoms with Crippen LogP contribution in [0.4, 0.5) is 0 Å². The first-order chi connectivity index (χ1) is 12.2. The highest BCUT2D eigenvalue weighted by atomic mass is 32.1. The van der Waals surface area contributed by atoms with Crippen molar-refractivity contribution in [3.63, 3.8) is 0 Å². The summed E-state index contributed by atoms with van der Waals surface area (Å²) in [5.74, 6) is 0.176. The topological polar surface area (TPSA) is 62.7 Å². The maximum Gasteiger partial charge on any atom is 0.259 e. The molecule has 1 aliphatic rings. The van der Waals surface area contributed by atoms with E-state index in [9.17, 15) is 9.59 Å². The van der Waals surface area contributed by atoms with Gasteiger partial charge in [-0.3, -0.25) is 9.59 Å². The van der Waals surface area contributed by atoms with E-state index < -0.39 is 0 Å². The Kier molecular flexibility index (Phi) is 5.45. The van der Waals surface area contributed by atoms with Crippen molar-refractivity contribution in [1.82, 2.24) is 14.8 Å². The first-order valence-corrected chi connectivity index (χ1v) is 8.86. The fourth-order valence-electron chi connectivity index (χ4n) is 2.66. The van der Waals surface area contributed by atoms with Gasteiger partial charge in [0.1, 0.15) is 5.56 Å². The number of amides is 2. The highest BCUT2D eigenvalue weighted by Gasteiger charge is 2.25. The molecule has 130 valence electrons. The Labute approximate surface area is 150 Å². The first kappa shape index (κ1) is 17.2. The number of ether oxygens (including phenoxy) is 1. The van der Waals surface area contributed by atoms with Crippen LogP contribution in [0.5, 0.6) is 5.88 Å². The molecule has 25 heavy (non-hydrogen) atoms. The lowest BCUT2D eigenvalue weighted by atomic mass is 10.2. The van der Waals surface area contributed by atoms with Crippen molar-refractivity contribution in [2.24, 2.45) is 0 Å². The molecule has 6 nitrogen and oxygen atoms in total. The van der Waals surface area contributed by atoms with Crippen LogP contribution in [0.3, 0.4) is 0 Å². The SMILES string of the molecule is COc1ncccc1C(=O)N1CCN(C(=O)C=Cc2cccs2)CC1. The zero-order valence-corrected chi connectivity index (χ0v) is 14.7. The van der Waals surface area contributed by atoms with Crippen molar-refractivity contribution in [2.45, 2.75) is 0 Å².